The van der Waals surface area contributed by atoms with Gasteiger partial charge in [0.1, 0.15) is 5.75 Å². The van der Waals surface area contributed by atoms with Crippen LogP contribution in [0.2, 0.25) is 5.02 Å². The fourth-order valence-corrected chi connectivity index (χ4v) is 1.97. The zero-order chi connectivity index (χ0) is 13.1. The lowest BCUT2D eigenvalue weighted by Gasteiger charge is -2.07. The lowest BCUT2D eigenvalue weighted by Crippen LogP contribution is -2.12. The molecule has 0 spiro atoms. The number of rotatable bonds is 2. The Hall–Kier alpha value is -1.52. The van der Waals surface area contributed by atoms with Crippen molar-refractivity contribution in [2.75, 3.05) is 5.32 Å². The monoisotopic (exact) mass is 325 g/mol. The van der Waals surface area contributed by atoms with E-state index in [0.717, 1.165) is 0 Å². The second-order valence-corrected chi connectivity index (χ2v) is 4.86. The Morgan fingerprint density at radius 1 is 1.22 bits per heavy atom. The molecule has 0 saturated carbocycles. The molecule has 92 valence electrons. The lowest BCUT2D eigenvalue weighted by atomic mass is 10.2. The normalized spacial score (nSPS) is 10.1. The maximum absolute atomic E-state index is 12.0. The molecule has 0 fully saturated rings. The van der Waals surface area contributed by atoms with Gasteiger partial charge in [0.25, 0.3) is 5.91 Å². The van der Waals surface area contributed by atoms with E-state index in [1.807, 2.05) is 0 Å². The number of anilines is 1. The summed E-state index contributed by atoms with van der Waals surface area (Å²) in [7, 11) is 0. The Labute approximate surface area is 118 Å². The number of carbonyl (C=O) groups is 1. The quantitative estimate of drug-likeness (QED) is 0.874. The van der Waals surface area contributed by atoms with Gasteiger partial charge in [-0.15, -0.1) is 0 Å². The summed E-state index contributed by atoms with van der Waals surface area (Å²) >= 11 is 9.11. The van der Waals surface area contributed by atoms with Crippen LogP contribution in [-0.2, 0) is 0 Å². The number of phenolic OH excluding ortho intramolecular Hbond substituents is 1. The third-order valence-corrected chi connectivity index (χ3v) is 3.30. The minimum absolute atomic E-state index is 0.0873. The maximum Gasteiger partial charge on any atom is 0.255 e. The average molecular weight is 327 g/mol. The fraction of sp³-hybridized carbons (Fsp3) is 0. The minimum Gasteiger partial charge on any atom is -0.507 e. The first-order valence-electron chi connectivity index (χ1n) is 5.12. The molecule has 0 aliphatic rings. The van der Waals surface area contributed by atoms with E-state index in [9.17, 15) is 9.90 Å². The van der Waals surface area contributed by atoms with E-state index >= 15 is 0 Å². The molecule has 0 saturated heterocycles. The summed E-state index contributed by atoms with van der Waals surface area (Å²) in [6, 6.07) is 11.5. The maximum atomic E-state index is 12.0. The van der Waals surface area contributed by atoms with Crippen molar-refractivity contribution in [2.24, 2.45) is 0 Å². The van der Waals surface area contributed by atoms with Crippen molar-refractivity contribution in [3.05, 3.63) is 57.5 Å². The van der Waals surface area contributed by atoms with Crippen LogP contribution in [0.5, 0.6) is 5.75 Å². The molecule has 2 rings (SSSR count). The first kappa shape index (κ1) is 12.9. The highest BCUT2D eigenvalue weighted by molar-refractivity contribution is 9.10. The second-order valence-electron chi connectivity index (χ2n) is 3.60. The average Bonchev–Trinajstić information content (AvgIpc) is 2.35. The summed E-state index contributed by atoms with van der Waals surface area (Å²) in [6.07, 6.45) is 0. The smallest absolute Gasteiger partial charge is 0.255 e. The molecule has 0 aliphatic heterocycles. The molecule has 18 heavy (non-hydrogen) atoms. The van der Waals surface area contributed by atoms with Crippen LogP contribution in [0.3, 0.4) is 0 Å². The van der Waals surface area contributed by atoms with E-state index in [2.05, 4.69) is 21.2 Å². The molecule has 1 amide bonds. The predicted molar refractivity (Wildman–Crippen MR) is 75.2 cm³/mol. The Morgan fingerprint density at radius 2 is 1.94 bits per heavy atom. The number of hydrogen-bond acceptors (Lipinski definition) is 2. The number of aromatic hydroxyl groups is 1. The van der Waals surface area contributed by atoms with Crippen molar-refractivity contribution in [2.45, 2.75) is 0 Å². The number of phenols is 1. The van der Waals surface area contributed by atoms with Gasteiger partial charge in [0.15, 0.2) is 0 Å². The molecule has 0 aromatic heterocycles. The Bertz CT molecular complexity index is 601. The number of halogens is 2. The Kier molecular flexibility index (Phi) is 3.89. The summed E-state index contributed by atoms with van der Waals surface area (Å²) in [5, 5.41) is 12.5. The van der Waals surface area contributed by atoms with Crippen LogP contribution in [0.15, 0.2) is 46.9 Å². The van der Waals surface area contributed by atoms with Crippen molar-refractivity contribution >= 4 is 39.1 Å². The minimum atomic E-state index is -0.288. The van der Waals surface area contributed by atoms with Gasteiger partial charge in [-0.3, -0.25) is 4.79 Å². The Balaban J connectivity index is 2.22. The highest BCUT2D eigenvalue weighted by Crippen LogP contribution is 2.25. The molecule has 2 aromatic carbocycles. The zero-order valence-corrected chi connectivity index (χ0v) is 11.5. The molecule has 2 aromatic rings. The summed E-state index contributed by atoms with van der Waals surface area (Å²) in [6.45, 7) is 0. The number of amides is 1. The lowest BCUT2D eigenvalue weighted by molar-refractivity contribution is 0.102. The van der Waals surface area contributed by atoms with Crippen LogP contribution >= 0.6 is 27.5 Å². The van der Waals surface area contributed by atoms with Crippen molar-refractivity contribution in [3.63, 3.8) is 0 Å². The molecular formula is C13H9BrClNO2. The third-order valence-electron chi connectivity index (χ3n) is 2.33. The van der Waals surface area contributed by atoms with Crippen molar-refractivity contribution in [1.82, 2.24) is 0 Å². The van der Waals surface area contributed by atoms with Crippen molar-refractivity contribution in [1.29, 1.82) is 0 Å². The number of nitrogens with one attached hydrogen (secondary N) is 1. The number of hydrogen-bond donors (Lipinski definition) is 2. The second kappa shape index (κ2) is 5.42. The van der Waals surface area contributed by atoms with Gasteiger partial charge in [0.2, 0.25) is 0 Å². The Morgan fingerprint density at radius 3 is 2.61 bits per heavy atom. The summed E-state index contributed by atoms with van der Waals surface area (Å²) in [5.74, 6) is -0.201. The SMILES string of the molecule is O=C(Nc1ccccc1Cl)c1ccc(O)c(Br)c1. The van der Waals surface area contributed by atoms with Gasteiger partial charge >= 0.3 is 0 Å². The molecule has 0 atom stereocenters. The molecular weight excluding hydrogens is 318 g/mol. The van der Waals surface area contributed by atoms with Gasteiger partial charge in [-0.05, 0) is 46.3 Å². The van der Waals surface area contributed by atoms with Crippen LogP contribution in [0.25, 0.3) is 0 Å². The van der Waals surface area contributed by atoms with Crippen LogP contribution in [-0.4, -0.2) is 11.0 Å². The van der Waals surface area contributed by atoms with E-state index in [4.69, 9.17) is 11.6 Å². The van der Waals surface area contributed by atoms with E-state index in [1.165, 1.54) is 12.1 Å². The third kappa shape index (κ3) is 2.83. The van der Waals surface area contributed by atoms with Crippen molar-refractivity contribution in [3.8, 4) is 5.75 Å². The summed E-state index contributed by atoms with van der Waals surface area (Å²) in [4.78, 5) is 12.0. The van der Waals surface area contributed by atoms with Crippen molar-refractivity contribution < 1.29 is 9.90 Å². The molecule has 3 nitrogen and oxygen atoms in total. The fourth-order valence-electron chi connectivity index (χ4n) is 1.41. The van der Waals surface area contributed by atoms with Gasteiger partial charge < -0.3 is 10.4 Å². The van der Waals surface area contributed by atoms with Gasteiger partial charge in [-0.25, -0.2) is 0 Å². The molecule has 0 heterocycles. The summed E-state index contributed by atoms with van der Waals surface area (Å²) < 4.78 is 0.467. The van der Waals surface area contributed by atoms with E-state index in [-0.39, 0.29) is 11.7 Å². The van der Waals surface area contributed by atoms with Gasteiger partial charge in [-0.2, -0.15) is 0 Å². The zero-order valence-electron chi connectivity index (χ0n) is 9.15. The summed E-state index contributed by atoms with van der Waals surface area (Å²) in [5.41, 5.74) is 0.980. The topological polar surface area (TPSA) is 49.3 Å². The van der Waals surface area contributed by atoms with Crippen LogP contribution in [0, 0.1) is 0 Å². The van der Waals surface area contributed by atoms with Gasteiger partial charge in [-0.1, -0.05) is 23.7 Å². The molecule has 0 bridgehead atoms. The standard InChI is InChI=1S/C13H9BrClNO2/c14-9-7-8(5-6-12(9)17)13(18)16-11-4-2-1-3-10(11)15/h1-7,17H,(H,16,18). The number of para-hydroxylation sites is 1. The molecule has 5 heteroatoms. The first-order valence-corrected chi connectivity index (χ1v) is 6.29. The molecule has 0 aliphatic carbocycles. The number of benzene rings is 2. The molecule has 2 N–H and O–H groups in total. The number of carbonyl (C=O) groups excluding carboxylic acids is 1. The molecule has 0 radical (unpaired) electrons. The predicted octanol–water partition coefficient (Wildman–Crippen LogP) is 4.06. The van der Waals surface area contributed by atoms with E-state index in [1.54, 1.807) is 30.3 Å². The van der Waals surface area contributed by atoms with Gasteiger partial charge in [0, 0.05) is 5.56 Å². The van der Waals surface area contributed by atoms with Crippen LogP contribution < -0.4 is 5.32 Å². The highest BCUT2D eigenvalue weighted by atomic mass is 79.9. The largest absolute Gasteiger partial charge is 0.507 e. The van der Waals surface area contributed by atoms with Crippen LogP contribution in [0.4, 0.5) is 5.69 Å². The van der Waals surface area contributed by atoms with Crippen LogP contribution in [0.1, 0.15) is 10.4 Å². The highest BCUT2D eigenvalue weighted by Gasteiger charge is 2.09. The molecule has 0 unspecified atom stereocenters. The van der Waals surface area contributed by atoms with Gasteiger partial charge in [0.05, 0.1) is 15.2 Å². The first-order chi connectivity index (χ1) is 8.58. The van der Waals surface area contributed by atoms with E-state index in [0.29, 0.717) is 20.7 Å². The van der Waals surface area contributed by atoms with E-state index < -0.39 is 0 Å².